The summed E-state index contributed by atoms with van der Waals surface area (Å²) in [7, 11) is 6.18. The molecule has 0 atom stereocenters. The van der Waals surface area contributed by atoms with Crippen molar-refractivity contribution in [3.8, 4) is 5.88 Å². The normalized spacial score (nSPS) is 13.1. The van der Waals surface area contributed by atoms with Crippen LogP contribution in [0.2, 0.25) is 0 Å². The van der Waals surface area contributed by atoms with Crippen LogP contribution in [0.15, 0.2) is 6.08 Å². The number of hydrogen-bond acceptors (Lipinski definition) is 10. The van der Waals surface area contributed by atoms with Gasteiger partial charge in [-0.3, -0.25) is 0 Å². The Balaban J connectivity index is 0.000000580. The van der Waals surface area contributed by atoms with Crippen molar-refractivity contribution in [1.29, 1.82) is 0 Å². The van der Waals surface area contributed by atoms with Gasteiger partial charge in [-0.15, -0.1) is 4.37 Å². The smallest absolute Gasteiger partial charge is 0.414 e. The van der Waals surface area contributed by atoms with E-state index in [1.165, 1.54) is 17.3 Å². The van der Waals surface area contributed by atoms with Gasteiger partial charge in [0, 0.05) is 19.6 Å². The molecule has 0 aromatic carbocycles. The average molecular weight is 448 g/mol. The maximum absolute atomic E-state index is 9.10. The van der Waals surface area contributed by atoms with Gasteiger partial charge >= 0.3 is 23.9 Å². The third kappa shape index (κ3) is 11.7. The predicted octanol–water partition coefficient (Wildman–Crippen LogP) is -0.491. The van der Waals surface area contributed by atoms with Gasteiger partial charge in [-0.25, -0.2) is 19.2 Å². The summed E-state index contributed by atoms with van der Waals surface area (Å²) >= 11 is 1.22. The van der Waals surface area contributed by atoms with Gasteiger partial charge in [0.15, 0.2) is 0 Å². The molecule has 4 N–H and O–H groups in total. The molecule has 0 fully saturated rings. The van der Waals surface area contributed by atoms with Crippen LogP contribution in [0.3, 0.4) is 0 Å². The van der Waals surface area contributed by atoms with E-state index >= 15 is 0 Å². The topological polar surface area (TPSA) is 191 Å². The summed E-state index contributed by atoms with van der Waals surface area (Å²) in [6, 6.07) is 0. The van der Waals surface area contributed by atoms with Crippen molar-refractivity contribution in [1.82, 2.24) is 18.5 Å². The molecule has 30 heavy (non-hydrogen) atoms. The van der Waals surface area contributed by atoms with Gasteiger partial charge in [0.25, 0.3) is 5.88 Å². The van der Waals surface area contributed by atoms with E-state index in [1.807, 2.05) is 14.1 Å². The van der Waals surface area contributed by atoms with E-state index < -0.39 is 23.9 Å². The van der Waals surface area contributed by atoms with Crippen molar-refractivity contribution >= 4 is 41.2 Å². The van der Waals surface area contributed by atoms with Crippen molar-refractivity contribution in [2.45, 2.75) is 6.42 Å². The Labute approximate surface area is 176 Å². The molecule has 0 unspecified atom stereocenters. The first-order valence-corrected chi connectivity index (χ1v) is 9.09. The second-order valence-electron chi connectivity index (χ2n) is 6.05. The van der Waals surface area contributed by atoms with E-state index in [0.717, 1.165) is 31.7 Å². The summed E-state index contributed by atoms with van der Waals surface area (Å²) in [4.78, 5) is 40.8. The standard InChI is InChI=1S/C12H20N4OS.2C2H2O4/c1-15(2)7-8-17-12-11(13-18-14-12)10-5-4-6-16(3)9-10;2*3-1(4)2(5)6/h5H,4,6-9H2,1-3H3;2*(H,3,4)(H,5,6). The third-order valence-electron chi connectivity index (χ3n) is 3.25. The molecule has 0 spiro atoms. The summed E-state index contributed by atoms with van der Waals surface area (Å²) in [6.45, 7) is 3.57. The Morgan fingerprint density at radius 1 is 1.07 bits per heavy atom. The second-order valence-corrected chi connectivity index (χ2v) is 6.57. The van der Waals surface area contributed by atoms with Gasteiger partial charge in [0.1, 0.15) is 12.3 Å². The maximum atomic E-state index is 9.10. The van der Waals surface area contributed by atoms with Gasteiger partial charge in [-0.1, -0.05) is 6.08 Å². The lowest BCUT2D eigenvalue weighted by Crippen LogP contribution is -2.25. The number of rotatable bonds is 5. The fraction of sp³-hybridized carbons (Fsp3) is 0.500. The van der Waals surface area contributed by atoms with Crippen LogP contribution in [0.5, 0.6) is 5.88 Å². The van der Waals surface area contributed by atoms with Gasteiger partial charge in [0.05, 0.1) is 11.7 Å². The molecule has 0 radical (unpaired) electrons. The fourth-order valence-corrected chi connectivity index (χ4v) is 2.39. The Morgan fingerprint density at radius 2 is 1.60 bits per heavy atom. The van der Waals surface area contributed by atoms with E-state index in [1.54, 1.807) is 0 Å². The molecule has 1 aromatic rings. The van der Waals surface area contributed by atoms with Crippen LogP contribution < -0.4 is 4.74 Å². The van der Waals surface area contributed by atoms with E-state index in [-0.39, 0.29) is 0 Å². The lowest BCUT2D eigenvalue weighted by molar-refractivity contribution is -0.159. The fourth-order valence-electron chi connectivity index (χ4n) is 1.86. The number of nitrogens with zero attached hydrogens (tertiary/aromatic N) is 4. The molecule has 1 aliphatic heterocycles. The summed E-state index contributed by atoms with van der Waals surface area (Å²) in [5.74, 6) is -6.61. The summed E-state index contributed by atoms with van der Waals surface area (Å²) in [5, 5.41) is 29.6. The first-order chi connectivity index (χ1) is 14.0. The zero-order chi connectivity index (χ0) is 23.3. The lowest BCUT2D eigenvalue weighted by Gasteiger charge is -2.22. The molecule has 168 valence electrons. The lowest BCUT2D eigenvalue weighted by atomic mass is 10.1. The number of aliphatic carboxylic acids is 4. The largest absolute Gasteiger partial charge is 0.474 e. The highest BCUT2D eigenvalue weighted by molar-refractivity contribution is 6.99. The molecule has 0 saturated carbocycles. The van der Waals surface area contributed by atoms with Crippen molar-refractivity contribution in [3.63, 3.8) is 0 Å². The third-order valence-corrected chi connectivity index (χ3v) is 3.76. The SMILES string of the molecule is CN(C)CCOc1nsnc1C1=CCCN(C)C1.O=C(O)C(=O)O.O=C(O)C(=O)O. The minimum atomic E-state index is -1.82. The monoisotopic (exact) mass is 448 g/mol. The molecular weight excluding hydrogens is 424 g/mol. The summed E-state index contributed by atoms with van der Waals surface area (Å²) in [6.07, 6.45) is 3.32. The quantitative estimate of drug-likeness (QED) is 0.422. The Bertz CT molecular complexity index is 716. The van der Waals surface area contributed by atoms with Crippen molar-refractivity contribution in [2.24, 2.45) is 0 Å². The van der Waals surface area contributed by atoms with Crippen LogP contribution in [-0.4, -0.2) is 110 Å². The van der Waals surface area contributed by atoms with Crippen molar-refractivity contribution < 1.29 is 44.3 Å². The Kier molecular flexibility index (Phi) is 12.5. The molecule has 0 saturated heterocycles. The predicted molar refractivity (Wildman–Crippen MR) is 105 cm³/mol. The molecule has 0 amide bonds. The van der Waals surface area contributed by atoms with Gasteiger partial charge < -0.3 is 35.0 Å². The first kappa shape index (κ1) is 26.9. The molecule has 0 bridgehead atoms. The van der Waals surface area contributed by atoms with Gasteiger partial charge in [-0.05, 0) is 33.1 Å². The molecule has 1 aliphatic rings. The van der Waals surface area contributed by atoms with Gasteiger partial charge in [-0.2, -0.15) is 4.37 Å². The molecule has 2 rings (SSSR count). The molecule has 13 nitrogen and oxygen atoms in total. The number of carbonyl (C=O) groups is 4. The number of aromatic nitrogens is 2. The number of carboxylic acid groups (broad SMARTS) is 4. The van der Waals surface area contributed by atoms with Crippen LogP contribution in [0.4, 0.5) is 0 Å². The van der Waals surface area contributed by atoms with Crippen molar-refractivity contribution in [3.05, 3.63) is 11.8 Å². The molecular formula is C16H24N4O9S. The number of carboxylic acids is 4. The molecule has 14 heteroatoms. The van der Waals surface area contributed by atoms with E-state index in [4.69, 9.17) is 44.3 Å². The van der Waals surface area contributed by atoms with Crippen LogP contribution in [0.1, 0.15) is 12.1 Å². The Hall–Kier alpha value is -3.10. The molecule has 2 heterocycles. The molecule has 1 aromatic heterocycles. The highest BCUT2D eigenvalue weighted by Crippen LogP contribution is 2.26. The molecule has 0 aliphatic carbocycles. The summed E-state index contributed by atoms with van der Waals surface area (Å²) in [5.41, 5.74) is 2.16. The number of likely N-dealkylation sites (N-methyl/N-ethyl adjacent to an activating group) is 2. The van der Waals surface area contributed by atoms with E-state index in [9.17, 15) is 0 Å². The number of hydrogen-bond donors (Lipinski definition) is 4. The zero-order valence-corrected chi connectivity index (χ0v) is 17.5. The Morgan fingerprint density at radius 3 is 2.03 bits per heavy atom. The minimum Gasteiger partial charge on any atom is -0.474 e. The second kappa shape index (κ2) is 14.0. The number of ether oxygens (including phenoxy) is 1. The van der Waals surface area contributed by atoms with Crippen molar-refractivity contribution in [2.75, 3.05) is 47.4 Å². The van der Waals surface area contributed by atoms with Crippen LogP contribution in [0, 0.1) is 0 Å². The summed E-state index contributed by atoms with van der Waals surface area (Å²) < 4.78 is 14.3. The first-order valence-electron chi connectivity index (χ1n) is 8.36. The van der Waals surface area contributed by atoms with Crippen LogP contribution in [-0.2, 0) is 19.2 Å². The van der Waals surface area contributed by atoms with Gasteiger partial charge in [0.2, 0.25) is 0 Å². The zero-order valence-electron chi connectivity index (χ0n) is 16.6. The minimum absolute atomic E-state index is 0.647. The van der Waals surface area contributed by atoms with Crippen LogP contribution in [0.25, 0.3) is 5.57 Å². The average Bonchev–Trinajstić information content (AvgIpc) is 3.11. The maximum Gasteiger partial charge on any atom is 0.414 e. The highest BCUT2D eigenvalue weighted by Gasteiger charge is 2.18. The highest BCUT2D eigenvalue weighted by atomic mass is 32.1. The van der Waals surface area contributed by atoms with E-state index in [2.05, 4.69) is 31.7 Å². The van der Waals surface area contributed by atoms with Crippen LogP contribution >= 0.6 is 11.7 Å². The van der Waals surface area contributed by atoms with E-state index in [0.29, 0.717) is 12.5 Å².